The molecule has 0 unspecified atom stereocenters. The van der Waals surface area contributed by atoms with Crippen LogP contribution in [0.1, 0.15) is 39.7 Å². The molecule has 110 valence electrons. The molecule has 0 aliphatic carbocycles. The van der Waals surface area contributed by atoms with E-state index in [0.717, 1.165) is 5.56 Å². The molecule has 1 aromatic rings. The van der Waals surface area contributed by atoms with E-state index in [1.807, 2.05) is 58.0 Å². The van der Waals surface area contributed by atoms with Crippen molar-refractivity contribution in [3.63, 3.8) is 0 Å². The van der Waals surface area contributed by atoms with Crippen LogP contribution < -0.4 is 0 Å². The van der Waals surface area contributed by atoms with Crippen LogP contribution in [0.5, 0.6) is 0 Å². The molecule has 1 fully saturated rings. The zero-order valence-corrected chi connectivity index (χ0v) is 12.6. The number of aliphatic hydroxyl groups excluding tert-OH is 1. The van der Waals surface area contributed by atoms with E-state index in [9.17, 15) is 9.90 Å². The summed E-state index contributed by atoms with van der Waals surface area (Å²) in [5.74, 6) is 0. The van der Waals surface area contributed by atoms with Crippen molar-refractivity contribution in [1.29, 1.82) is 0 Å². The van der Waals surface area contributed by atoms with Crippen LogP contribution in [0, 0.1) is 0 Å². The smallest absolute Gasteiger partial charge is 0.411 e. The fourth-order valence-electron chi connectivity index (χ4n) is 2.71. The van der Waals surface area contributed by atoms with Crippen molar-refractivity contribution < 1.29 is 14.6 Å². The number of aliphatic hydroxyl groups is 1. The molecule has 20 heavy (non-hydrogen) atoms. The molecule has 1 aliphatic heterocycles. The Morgan fingerprint density at radius 2 is 1.95 bits per heavy atom. The van der Waals surface area contributed by atoms with Crippen LogP contribution in [0.3, 0.4) is 0 Å². The molecule has 2 rings (SSSR count). The molecule has 0 radical (unpaired) electrons. The van der Waals surface area contributed by atoms with Crippen LogP contribution in [-0.4, -0.2) is 34.3 Å². The van der Waals surface area contributed by atoms with Gasteiger partial charge < -0.3 is 9.84 Å². The predicted molar refractivity (Wildman–Crippen MR) is 77.4 cm³/mol. The lowest BCUT2D eigenvalue weighted by molar-refractivity contribution is 0.00908. The van der Waals surface area contributed by atoms with Gasteiger partial charge in [-0.05, 0) is 33.3 Å². The van der Waals surface area contributed by atoms with Gasteiger partial charge >= 0.3 is 6.09 Å². The highest BCUT2D eigenvalue weighted by Gasteiger charge is 2.46. The minimum Gasteiger partial charge on any atom is -0.444 e. The van der Waals surface area contributed by atoms with E-state index in [4.69, 9.17) is 4.74 Å². The molecular weight excluding hydrogens is 254 g/mol. The first-order valence-electron chi connectivity index (χ1n) is 6.96. The quantitative estimate of drug-likeness (QED) is 0.858. The molecule has 1 N–H and O–H groups in total. The maximum Gasteiger partial charge on any atom is 0.411 e. The first kappa shape index (κ1) is 14.9. The van der Waals surface area contributed by atoms with Gasteiger partial charge in [-0.2, -0.15) is 0 Å². The summed E-state index contributed by atoms with van der Waals surface area (Å²) < 4.78 is 5.46. The van der Waals surface area contributed by atoms with Crippen molar-refractivity contribution in [2.45, 2.75) is 51.4 Å². The average Bonchev–Trinajstić information content (AvgIpc) is 2.65. The summed E-state index contributed by atoms with van der Waals surface area (Å²) in [5, 5.41) is 9.99. The van der Waals surface area contributed by atoms with Crippen LogP contribution in [0.2, 0.25) is 0 Å². The number of amides is 1. The zero-order chi connectivity index (χ0) is 15.0. The van der Waals surface area contributed by atoms with Gasteiger partial charge in [-0.15, -0.1) is 0 Å². The zero-order valence-electron chi connectivity index (χ0n) is 12.6. The number of ether oxygens (including phenoxy) is 1. The number of hydrogen-bond acceptors (Lipinski definition) is 3. The number of carbonyl (C=O) groups excluding carboxylic acids is 1. The van der Waals surface area contributed by atoms with E-state index in [2.05, 4.69) is 0 Å². The van der Waals surface area contributed by atoms with Crippen LogP contribution >= 0.6 is 0 Å². The summed E-state index contributed by atoms with van der Waals surface area (Å²) in [6, 6.07) is 9.79. The Hall–Kier alpha value is -1.55. The Labute approximate surface area is 120 Å². The maximum absolute atomic E-state index is 12.4. The van der Waals surface area contributed by atoms with E-state index in [0.29, 0.717) is 13.0 Å². The van der Waals surface area contributed by atoms with Gasteiger partial charge in [0.05, 0.1) is 18.2 Å². The molecule has 0 saturated carbocycles. The summed E-state index contributed by atoms with van der Waals surface area (Å²) in [4.78, 5) is 14.0. The Balaban J connectivity index is 2.29. The first-order valence-corrected chi connectivity index (χ1v) is 6.96. The van der Waals surface area contributed by atoms with Gasteiger partial charge in [0, 0.05) is 6.42 Å². The number of carbonyl (C=O) groups is 1. The summed E-state index contributed by atoms with van der Waals surface area (Å²) in [7, 11) is 0. The average molecular weight is 277 g/mol. The highest BCUT2D eigenvalue weighted by molar-refractivity contribution is 5.70. The van der Waals surface area contributed by atoms with Crippen molar-refractivity contribution in [3.8, 4) is 0 Å². The first-order chi connectivity index (χ1) is 9.22. The minimum absolute atomic E-state index is 0.306. The third-order valence-corrected chi connectivity index (χ3v) is 3.63. The second kappa shape index (κ2) is 5.09. The maximum atomic E-state index is 12.4. The fourth-order valence-corrected chi connectivity index (χ4v) is 2.71. The van der Waals surface area contributed by atoms with E-state index in [1.54, 1.807) is 4.90 Å². The number of hydrogen-bond donors (Lipinski definition) is 1. The van der Waals surface area contributed by atoms with Crippen LogP contribution in [0.15, 0.2) is 30.3 Å². The van der Waals surface area contributed by atoms with Crippen molar-refractivity contribution in [3.05, 3.63) is 35.9 Å². The molecule has 1 aliphatic rings. The molecule has 1 aromatic carbocycles. The molecule has 4 heteroatoms. The lowest BCUT2D eigenvalue weighted by Crippen LogP contribution is -2.45. The molecule has 2 atom stereocenters. The van der Waals surface area contributed by atoms with Gasteiger partial charge in [-0.25, -0.2) is 4.79 Å². The Morgan fingerprint density at radius 1 is 1.35 bits per heavy atom. The summed E-state index contributed by atoms with van der Waals surface area (Å²) in [6.45, 7) is 7.81. The molecule has 1 amide bonds. The van der Waals surface area contributed by atoms with Gasteiger partial charge in [0.2, 0.25) is 0 Å². The predicted octanol–water partition coefficient (Wildman–Crippen LogP) is 2.90. The molecule has 4 nitrogen and oxygen atoms in total. The topological polar surface area (TPSA) is 49.8 Å². The number of benzene rings is 1. The highest BCUT2D eigenvalue weighted by Crippen LogP contribution is 2.39. The second-order valence-electron chi connectivity index (χ2n) is 6.59. The largest absolute Gasteiger partial charge is 0.444 e. The van der Waals surface area contributed by atoms with Crippen molar-refractivity contribution in [2.75, 3.05) is 6.54 Å². The van der Waals surface area contributed by atoms with E-state index < -0.39 is 17.2 Å². The minimum atomic E-state index is -0.539. The van der Waals surface area contributed by atoms with Crippen LogP contribution in [0.25, 0.3) is 0 Å². The monoisotopic (exact) mass is 277 g/mol. The SMILES string of the molecule is CC(C)(C)OC(=O)N1C[C@@H](O)C[C@@]1(C)c1ccccc1. The van der Waals surface area contributed by atoms with E-state index in [-0.39, 0.29) is 6.09 Å². The van der Waals surface area contributed by atoms with Gasteiger partial charge in [-0.1, -0.05) is 30.3 Å². The number of β-amino-alcohol motifs (C(OH)–C–C–N with tert-alkyl or cyclic N) is 1. The van der Waals surface area contributed by atoms with Crippen LogP contribution in [-0.2, 0) is 10.3 Å². The van der Waals surface area contributed by atoms with Gasteiger partial charge in [0.15, 0.2) is 0 Å². The second-order valence-corrected chi connectivity index (χ2v) is 6.59. The van der Waals surface area contributed by atoms with Crippen molar-refractivity contribution in [1.82, 2.24) is 4.90 Å². The lowest BCUT2D eigenvalue weighted by atomic mass is 9.89. The molecular formula is C16H23NO3. The highest BCUT2D eigenvalue weighted by atomic mass is 16.6. The van der Waals surface area contributed by atoms with Crippen LogP contribution in [0.4, 0.5) is 4.79 Å². The Kier molecular flexibility index (Phi) is 3.78. The molecule has 1 saturated heterocycles. The van der Waals surface area contributed by atoms with Crippen molar-refractivity contribution >= 4 is 6.09 Å². The molecule has 1 heterocycles. The summed E-state index contributed by atoms with van der Waals surface area (Å²) >= 11 is 0. The fraction of sp³-hybridized carbons (Fsp3) is 0.562. The third-order valence-electron chi connectivity index (χ3n) is 3.63. The summed E-state index contributed by atoms with van der Waals surface area (Å²) in [5.41, 5.74) is -0.0481. The molecule has 0 spiro atoms. The van der Waals surface area contributed by atoms with E-state index >= 15 is 0 Å². The number of rotatable bonds is 1. The summed E-state index contributed by atoms with van der Waals surface area (Å²) in [6.07, 6.45) is -0.371. The van der Waals surface area contributed by atoms with E-state index in [1.165, 1.54) is 0 Å². The third kappa shape index (κ3) is 2.96. The van der Waals surface area contributed by atoms with Gasteiger partial charge in [-0.3, -0.25) is 4.90 Å². The number of likely N-dealkylation sites (tertiary alicyclic amines) is 1. The molecule has 0 aromatic heterocycles. The Bertz CT molecular complexity index is 480. The number of nitrogens with zero attached hydrogens (tertiary/aromatic N) is 1. The lowest BCUT2D eigenvalue weighted by Gasteiger charge is -2.36. The van der Waals surface area contributed by atoms with Gasteiger partial charge in [0.25, 0.3) is 0 Å². The van der Waals surface area contributed by atoms with Gasteiger partial charge in [0.1, 0.15) is 5.60 Å². The van der Waals surface area contributed by atoms with Crippen molar-refractivity contribution in [2.24, 2.45) is 0 Å². The standard InChI is InChI=1S/C16H23NO3/c1-15(2,3)20-14(19)17-11-13(18)10-16(17,4)12-8-6-5-7-9-12/h5-9,13,18H,10-11H2,1-4H3/t13-,16-/m0/s1. The normalized spacial score (nSPS) is 26.6. The Morgan fingerprint density at radius 3 is 2.50 bits per heavy atom. The molecule has 0 bridgehead atoms.